The van der Waals surface area contributed by atoms with Crippen LogP contribution in [0.3, 0.4) is 0 Å². The van der Waals surface area contributed by atoms with Crippen LogP contribution in [0.15, 0.2) is 12.1 Å². The molecule has 0 aromatic heterocycles. The standard InChI is InChI=1S/C14H17N3O4/c1-16-10-7-12(21-15)11(20-2)6-8(10)13(18)17-5-3-4-9(17)14(16)19/h6-7,9H,3-5,15H2,1-2H3/t9-/m0/s1. The van der Waals surface area contributed by atoms with E-state index in [9.17, 15) is 9.59 Å². The second kappa shape index (κ2) is 4.92. The van der Waals surface area contributed by atoms with Crippen molar-refractivity contribution in [2.75, 3.05) is 25.6 Å². The Balaban J connectivity index is 2.19. The van der Waals surface area contributed by atoms with Crippen LogP contribution in [-0.2, 0) is 4.79 Å². The molecule has 3 rings (SSSR count). The van der Waals surface area contributed by atoms with Gasteiger partial charge in [-0.15, -0.1) is 0 Å². The molecule has 1 atom stereocenters. The van der Waals surface area contributed by atoms with Gasteiger partial charge < -0.3 is 19.4 Å². The number of ether oxygens (including phenoxy) is 1. The first-order valence-corrected chi connectivity index (χ1v) is 6.75. The van der Waals surface area contributed by atoms with E-state index in [-0.39, 0.29) is 23.6 Å². The van der Waals surface area contributed by atoms with Crippen molar-refractivity contribution in [1.29, 1.82) is 0 Å². The molecule has 2 aliphatic heterocycles. The van der Waals surface area contributed by atoms with Gasteiger partial charge in [-0.1, -0.05) is 0 Å². The fraction of sp³-hybridized carbons (Fsp3) is 0.429. The first-order chi connectivity index (χ1) is 10.1. The Bertz CT molecular complexity index is 616. The van der Waals surface area contributed by atoms with Crippen LogP contribution in [0.2, 0.25) is 0 Å². The molecular weight excluding hydrogens is 274 g/mol. The van der Waals surface area contributed by atoms with Crippen LogP contribution in [0, 0.1) is 0 Å². The van der Waals surface area contributed by atoms with Crippen LogP contribution in [0.4, 0.5) is 5.69 Å². The second-order valence-electron chi connectivity index (χ2n) is 5.19. The molecule has 0 aliphatic carbocycles. The third-order valence-corrected chi connectivity index (χ3v) is 4.13. The number of methoxy groups -OCH3 is 1. The summed E-state index contributed by atoms with van der Waals surface area (Å²) in [6.07, 6.45) is 1.53. The fourth-order valence-corrected chi connectivity index (χ4v) is 3.01. The Morgan fingerprint density at radius 1 is 1.29 bits per heavy atom. The first-order valence-electron chi connectivity index (χ1n) is 6.75. The van der Waals surface area contributed by atoms with E-state index in [1.165, 1.54) is 12.0 Å². The largest absolute Gasteiger partial charge is 0.493 e. The number of hydrogen-bond donors (Lipinski definition) is 1. The maximum atomic E-state index is 12.7. The van der Waals surface area contributed by atoms with Gasteiger partial charge in [-0.3, -0.25) is 9.59 Å². The van der Waals surface area contributed by atoms with Crippen molar-refractivity contribution in [2.45, 2.75) is 18.9 Å². The average Bonchev–Trinajstić information content (AvgIpc) is 2.98. The summed E-state index contributed by atoms with van der Waals surface area (Å²) >= 11 is 0. The molecule has 2 N–H and O–H groups in total. The molecule has 0 radical (unpaired) electrons. The quantitative estimate of drug-likeness (QED) is 0.803. The summed E-state index contributed by atoms with van der Waals surface area (Å²) < 4.78 is 5.19. The lowest BCUT2D eigenvalue weighted by Crippen LogP contribution is -2.43. The lowest BCUT2D eigenvalue weighted by atomic mass is 10.1. The Morgan fingerprint density at radius 2 is 2.05 bits per heavy atom. The Labute approximate surface area is 122 Å². The molecule has 7 heteroatoms. The van der Waals surface area contributed by atoms with Crippen LogP contribution in [0.5, 0.6) is 11.5 Å². The van der Waals surface area contributed by atoms with Crippen LogP contribution in [0.25, 0.3) is 0 Å². The lowest BCUT2D eigenvalue weighted by Gasteiger charge is -2.22. The third kappa shape index (κ3) is 1.92. The molecule has 0 saturated carbocycles. The van der Waals surface area contributed by atoms with E-state index < -0.39 is 0 Å². The van der Waals surface area contributed by atoms with Gasteiger partial charge >= 0.3 is 0 Å². The van der Waals surface area contributed by atoms with E-state index in [4.69, 9.17) is 15.5 Å². The van der Waals surface area contributed by atoms with Crippen molar-refractivity contribution in [3.05, 3.63) is 17.7 Å². The van der Waals surface area contributed by atoms with Gasteiger partial charge in [0.15, 0.2) is 11.5 Å². The molecular formula is C14H17N3O4. The number of nitrogens with two attached hydrogens (primary N) is 1. The smallest absolute Gasteiger partial charge is 0.256 e. The fourth-order valence-electron chi connectivity index (χ4n) is 3.01. The predicted molar refractivity (Wildman–Crippen MR) is 75.3 cm³/mol. The lowest BCUT2D eigenvalue weighted by molar-refractivity contribution is -0.121. The monoisotopic (exact) mass is 291 g/mol. The molecule has 2 amide bonds. The summed E-state index contributed by atoms with van der Waals surface area (Å²) in [6, 6.07) is 2.75. The van der Waals surface area contributed by atoms with Crippen molar-refractivity contribution in [2.24, 2.45) is 5.90 Å². The van der Waals surface area contributed by atoms with E-state index in [2.05, 4.69) is 0 Å². The highest BCUT2D eigenvalue weighted by Gasteiger charge is 2.41. The van der Waals surface area contributed by atoms with Gasteiger partial charge in [0.05, 0.1) is 18.4 Å². The minimum atomic E-state index is -0.386. The molecule has 112 valence electrons. The molecule has 1 aromatic carbocycles. The Hall–Kier alpha value is -2.28. The second-order valence-corrected chi connectivity index (χ2v) is 5.19. The summed E-state index contributed by atoms with van der Waals surface area (Å²) in [4.78, 5) is 33.1. The Kier molecular flexibility index (Phi) is 3.21. The number of hydrogen-bond acceptors (Lipinski definition) is 5. The van der Waals surface area contributed by atoms with Gasteiger partial charge in [0.1, 0.15) is 6.04 Å². The number of likely N-dealkylation sites (N-methyl/N-ethyl adjacent to an activating group) is 1. The van der Waals surface area contributed by atoms with Crippen LogP contribution < -0.4 is 20.4 Å². The molecule has 1 saturated heterocycles. The summed E-state index contributed by atoms with van der Waals surface area (Å²) in [7, 11) is 3.13. The van der Waals surface area contributed by atoms with Crippen molar-refractivity contribution >= 4 is 17.5 Å². The topological polar surface area (TPSA) is 85.1 Å². The van der Waals surface area contributed by atoms with E-state index in [0.717, 1.165) is 6.42 Å². The first kappa shape index (κ1) is 13.7. The van der Waals surface area contributed by atoms with Gasteiger partial charge in [0, 0.05) is 19.7 Å². The number of amides is 2. The zero-order valence-electron chi connectivity index (χ0n) is 12.0. The number of nitrogens with zero attached hydrogens (tertiary/aromatic N) is 2. The highest BCUT2D eigenvalue weighted by Crippen LogP contribution is 2.38. The zero-order valence-corrected chi connectivity index (χ0v) is 12.0. The molecule has 7 nitrogen and oxygen atoms in total. The van der Waals surface area contributed by atoms with Gasteiger partial charge in [-0.25, -0.2) is 0 Å². The minimum Gasteiger partial charge on any atom is -0.493 e. The molecule has 0 spiro atoms. The number of benzene rings is 1. The van der Waals surface area contributed by atoms with E-state index in [1.807, 2.05) is 0 Å². The summed E-state index contributed by atoms with van der Waals surface area (Å²) in [5.74, 6) is 5.62. The number of fused-ring (bicyclic) bond motifs is 2. The van der Waals surface area contributed by atoms with E-state index in [0.29, 0.717) is 30.0 Å². The average molecular weight is 291 g/mol. The molecule has 2 aliphatic rings. The van der Waals surface area contributed by atoms with Crippen LogP contribution >= 0.6 is 0 Å². The molecule has 1 aromatic rings. The van der Waals surface area contributed by atoms with Gasteiger partial charge in [0.25, 0.3) is 5.91 Å². The minimum absolute atomic E-state index is 0.0901. The highest BCUT2D eigenvalue weighted by atomic mass is 16.6. The molecule has 2 heterocycles. The van der Waals surface area contributed by atoms with E-state index in [1.54, 1.807) is 24.1 Å². The van der Waals surface area contributed by atoms with E-state index >= 15 is 0 Å². The van der Waals surface area contributed by atoms with Gasteiger partial charge in [-0.2, -0.15) is 5.90 Å². The number of carbonyl (C=O) groups excluding carboxylic acids is 2. The van der Waals surface area contributed by atoms with Crippen molar-refractivity contribution in [1.82, 2.24) is 4.90 Å². The molecule has 21 heavy (non-hydrogen) atoms. The van der Waals surface area contributed by atoms with Crippen LogP contribution in [-0.4, -0.2) is 43.5 Å². The van der Waals surface area contributed by atoms with Gasteiger partial charge in [-0.05, 0) is 18.9 Å². The maximum Gasteiger partial charge on any atom is 0.256 e. The predicted octanol–water partition coefficient (Wildman–Crippen LogP) is 0.529. The van der Waals surface area contributed by atoms with Crippen molar-refractivity contribution < 1.29 is 19.2 Å². The summed E-state index contributed by atoms with van der Waals surface area (Å²) in [5, 5.41) is 0. The third-order valence-electron chi connectivity index (χ3n) is 4.13. The maximum absolute atomic E-state index is 12.7. The Morgan fingerprint density at radius 3 is 2.71 bits per heavy atom. The van der Waals surface area contributed by atoms with Crippen molar-refractivity contribution in [3.63, 3.8) is 0 Å². The van der Waals surface area contributed by atoms with Crippen molar-refractivity contribution in [3.8, 4) is 11.5 Å². The summed E-state index contributed by atoms with van der Waals surface area (Å²) in [5.41, 5.74) is 0.911. The number of rotatable bonds is 2. The summed E-state index contributed by atoms with van der Waals surface area (Å²) in [6.45, 7) is 0.597. The number of carbonyl (C=O) groups is 2. The highest BCUT2D eigenvalue weighted by molar-refractivity contribution is 6.11. The SMILES string of the molecule is COc1cc2c(cc1ON)N(C)C(=O)[C@@H]1CCCN1C2=O. The molecule has 1 fully saturated rings. The normalized spacial score (nSPS) is 21.0. The van der Waals surface area contributed by atoms with Gasteiger partial charge in [0.2, 0.25) is 5.91 Å². The number of anilines is 1. The zero-order chi connectivity index (χ0) is 15.1. The molecule has 0 bridgehead atoms. The van der Waals surface area contributed by atoms with Crippen LogP contribution in [0.1, 0.15) is 23.2 Å². The molecule has 0 unspecified atom stereocenters.